The van der Waals surface area contributed by atoms with Crippen LogP contribution in [0.5, 0.6) is 0 Å². The van der Waals surface area contributed by atoms with Gasteiger partial charge in [-0.1, -0.05) is 63.7 Å². The molecule has 0 aromatic carbocycles. The predicted octanol–water partition coefficient (Wildman–Crippen LogP) is 5.82. The molecule has 0 aliphatic heterocycles. The minimum Gasteiger partial charge on any atom is -0.405 e. The molecule has 1 heteroatoms. The Hall–Kier alpha value is -0.720. The van der Waals surface area contributed by atoms with E-state index >= 15 is 0 Å². The van der Waals surface area contributed by atoms with E-state index in [0.29, 0.717) is 5.92 Å². The largest absolute Gasteiger partial charge is 0.405 e. The van der Waals surface area contributed by atoms with Crippen molar-refractivity contribution in [3.63, 3.8) is 0 Å². The van der Waals surface area contributed by atoms with E-state index in [4.69, 9.17) is 5.73 Å². The maximum atomic E-state index is 5.72. The summed E-state index contributed by atoms with van der Waals surface area (Å²) < 4.78 is 0. The highest BCUT2D eigenvalue weighted by atomic mass is 14.5. The zero-order valence-electron chi connectivity index (χ0n) is 14.2. The van der Waals surface area contributed by atoms with Crippen molar-refractivity contribution < 1.29 is 0 Å². The smallest absolute Gasteiger partial charge is 0.01000 e. The Morgan fingerprint density at radius 1 is 1.14 bits per heavy atom. The third kappa shape index (κ3) is 4.14. The van der Waals surface area contributed by atoms with Crippen LogP contribution in [-0.4, -0.2) is 0 Å². The summed E-state index contributed by atoms with van der Waals surface area (Å²) >= 11 is 0. The standard InChI is InChI=1S/C20H35N/c1-3-5-11-20-18(8-4-2)17(14-15-21)12-13-19(20)16-9-6-7-10-16/h13-18,20H,3-12,21H2,1-2H3/b15-14+. The minimum absolute atomic E-state index is 0.682. The van der Waals surface area contributed by atoms with Crippen LogP contribution in [0.15, 0.2) is 23.9 Å². The van der Waals surface area contributed by atoms with E-state index < -0.39 is 0 Å². The van der Waals surface area contributed by atoms with Gasteiger partial charge in [0.15, 0.2) is 0 Å². The molecular formula is C20H35N. The maximum absolute atomic E-state index is 5.72. The molecule has 0 bridgehead atoms. The lowest BCUT2D eigenvalue weighted by Crippen LogP contribution is -2.30. The summed E-state index contributed by atoms with van der Waals surface area (Å²) in [4.78, 5) is 0. The van der Waals surface area contributed by atoms with Crippen LogP contribution in [0.3, 0.4) is 0 Å². The van der Waals surface area contributed by atoms with Crippen molar-refractivity contribution in [1.29, 1.82) is 0 Å². The van der Waals surface area contributed by atoms with Crippen LogP contribution in [0, 0.1) is 23.7 Å². The first-order valence-corrected chi connectivity index (χ1v) is 9.40. The van der Waals surface area contributed by atoms with E-state index in [1.807, 2.05) is 5.57 Å². The average molecular weight is 290 g/mol. The molecule has 0 amide bonds. The van der Waals surface area contributed by atoms with Gasteiger partial charge in [0.1, 0.15) is 0 Å². The molecule has 0 radical (unpaired) electrons. The average Bonchev–Trinajstić information content (AvgIpc) is 3.02. The summed E-state index contributed by atoms with van der Waals surface area (Å²) in [6.07, 6.45) is 20.5. The molecule has 3 unspecified atom stereocenters. The van der Waals surface area contributed by atoms with E-state index in [1.54, 1.807) is 6.20 Å². The molecule has 0 heterocycles. The molecule has 1 saturated carbocycles. The summed E-state index contributed by atoms with van der Waals surface area (Å²) in [7, 11) is 0. The first-order valence-electron chi connectivity index (χ1n) is 9.40. The molecule has 3 atom stereocenters. The zero-order valence-corrected chi connectivity index (χ0v) is 14.2. The van der Waals surface area contributed by atoms with Crippen LogP contribution in [-0.2, 0) is 0 Å². The van der Waals surface area contributed by atoms with Gasteiger partial charge in [-0.15, -0.1) is 0 Å². The molecule has 2 aliphatic carbocycles. The van der Waals surface area contributed by atoms with Crippen molar-refractivity contribution >= 4 is 0 Å². The molecule has 120 valence electrons. The van der Waals surface area contributed by atoms with Crippen molar-refractivity contribution in [2.45, 2.75) is 78.1 Å². The van der Waals surface area contributed by atoms with Gasteiger partial charge in [-0.2, -0.15) is 0 Å². The first-order chi connectivity index (χ1) is 10.3. The van der Waals surface area contributed by atoms with Gasteiger partial charge in [0, 0.05) is 0 Å². The summed E-state index contributed by atoms with van der Waals surface area (Å²) in [5.74, 6) is 3.26. The first kappa shape index (κ1) is 16.6. The highest BCUT2D eigenvalue weighted by Gasteiger charge is 2.36. The molecule has 0 aromatic heterocycles. The SMILES string of the molecule is CCCCC1C(C2CCCC2)=CCC(/C=C/N)C1CCC. The Balaban J connectivity index is 2.20. The van der Waals surface area contributed by atoms with Gasteiger partial charge in [-0.3, -0.25) is 0 Å². The maximum Gasteiger partial charge on any atom is -0.01000 e. The van der Waals surface area contributed by atoms with Gasteiger partial charge in [-0.25, -0.2) is 0 Å². The normalized spacial score (nSPS) is 31.0. The lowest BCUT2D eigenvalue weighted by atomic mass is 9.65. The zero-order chi connectivity index (χ0) is 15.1. The summed E-state index contributed by atoms with van der Waals surface area (Å²) in [5, 5.41) is 0. The fourth-order valence-electron chi connectivity index (χ4n) is 4.79. The fourth-order valence-corrected chi connectivity index (χ4v) is 4.79. The van der Waals surface area contributed by atoms with Crippen LogP contribution in [0.25, 0.3) is 0 Å². The molecule has 2 aliphatic rings. The van der Waals surface area contributed by atoms with Crippen molar-refractivity contribution in [1.82, 2.24) is 0 Å². The summed E-state index contributed by atoms with van der Waals surface area (Å²) in [6, 6.07) is 0. The molecule has 2 rings (SSSR count). The third-order valence-corrected chi connectivity index (χ3v) is 5.80. The van der Waals surface area contributed by atoms with Gasteiger partial charge < -0.3 is 5.73 Å². The third-order valence-electron chi connectivity index (χ3n) is 5.80. The minimum atomic E-state index is 0.682. The molecule has 2 N–H and O–H groups in total. The molecule has 1 fully saturated rings. The number of hydrogen-bond acceptors (Lipinski definition) is 1. The van der Waals surface area contributed by atoms with Gasteiger partial charge in [0.2, 0.25) is 0 Å². The van der Waals surface area contributed by atoms with Crippen LogP contribution in [0.2, 0.25) is 0 Å². The molecular weight excluding hydrogens is 254 g/mol. The number of hydrogen-bond donors (Lipinski definition) is 1. The van der Waals surface area contributed by atoms with Gasteiger partial charge in [0.05, 0.1) is 0 Å². The van der Waals surface area contributed by atoms with Crippen molar-refractivity contribution in [2.24, 2.45) is 29.4 Å². The van der Waals surface area contributed by atoms with E-state index in [9.17, 15) is 0 Å². The van der Waals surface area contributed by atoms with Gasteiger partial charge >= 0.3 is 0 Å². The van der Waals surface area contributed by atoms with E-state index in [1.165, 1.54) is 64.2 Å². The predicted molar refractivity (Wildman–Crippen MR) is 92.9 cm³/mol. The molecule has 1 nitrogen and oxygen atoms in total. The Morgan fingerprint density at radius 3 is 2.52 bits per heavy atom. The second kappa shape index (κ2) is 8.66. The monoisotopic (exact) mass is 289 g/mol. The van der Waals surface area contributed by atoms with Gasteiger partial charge in [-0.05, 0) is 62.0 Å². The van der Waals surface area contributed by atoms with E-state index in [-0.39, 0.29) is 0 Å². The Morgan fingerprint density at radius 2 is 1.90 bits per heavy atom. The lowest BCUT2D eigenvalue weighted by Gasteiger charge is -2.40. The lowest BCUT2D eigenvalue weighted by molar-refractivity contribution is 0.225. The van der Waals surface area contributed by atoms with Crippen LogP contribution >= 0.6 is 0 Å². The van der Waals surface area contributed by atoms with Crippen LogP contribution < -0.4 is 5.73 Å². The Kier molecular flexibility index (Phi) is 6.86. The van der Waals surface area contributed by atoms with E-state index in [0.717, 1.165) is 17.8 Å². The number of nitrogens with two attached hydrogens (primary N) is 1. The number of allylic oxidation sites excluding steroid dienone is 3. The highest BCUT2D eigenvalue weighted by molar-refractivity contribution is 5.19. The van der Waals surface area contributed by atoms with E-state index in [2.05, 4.69) is 26.0 Å². The van der Waals surface area contributed by atoms with Crippen molar-refractivity contribution in [3.05, 3.63) is 23.9 Å². The quantitative estimate of drug-likeness (QED) is 0.587. The molecule has 0 aromatic rings. The number of unbranched alkanes of at least 4 members (excludes halogenated alkanes) is 1. The van der Waals surface area contributed by atoms with Crippen molar-refractivity contribution in [3.8, 4) is 0 Å². The fraction of sp³-hybridized carbons (Fsp3) is 0.800. The molecule has 0 saturated heterocycles. The second-order valence-electron chi connectivity index (χ2n) is 7.17. The molecule has 21 heavy (non-hydrogen) atoms. The topological polar surface area (TPSA) is 26.0 Å². The van der Waals surface area contributed by atoms with Gasteiger partial charge in [0.25, 0.3) is 0 Å². The number of rotatable bonds is 7. The molecule has 0 spiro atoms. The summed E-state index contributed by atoms with van der Waals surface area (Å²) in [6.45, 7) is 4.67. The Labute approximate surface area is 132 Å². The second-order valence-corrected chi connectivity index (χ2v) is 7.17. The Bertz CT molecular complexity index is 349. The van der Waals surface area contributed by atoms with Crippen LogP contribution in [0.4, 0.5) is 0 Å². The van der Waals surface area contributed by atoms with Crippen LogP contribution in [0.1, 0.15) is 78.1 Å². The highest BCUT2D eigenvalue weighted by Crippen LogP contribution is 2.47. The van der Waals surface area contributed by atoms with Crippen molar-refractivity contribution in [2.75, 3.05) is 0 Å². The summed E-state index contributed by atoms with van der Waals surface area (Å²) in [5.41, 5.74) is 7.57.